The monoisotopic (exact) mass is 301 g/mol. The third-order valence-electron chi connectivity index (χ3n) is 3.88. The average molecular weight is 301 g/mol. The molecule has 1 aromatic rings. The van der Waals surface area contributed by atoms with Gasteiger partial charge in [-0.2, -0.15) is 0 Å². The number of ether oxygens (including phenoxy) is 1. The van der Waals surface area contributed by atoms with Crippen molar-refractivity contribution in [3.05, 3.63) is 29.6 Å². The molecule has 20 heavy (non-hydrogen) atoms. The number of halogens is 1. The van der Waals surface area contributed by atoms with Crippen LogP contribution < -0.4 is 10.1 Å². The van der Waals surface area contributed by atoms with Crippen LogP contribution in [0.3, 0.4) is 0 Å². The Kier molecular flexibility index (Phi) is 4.65. The van der Waals surface area contributed by atoms with Crippen LogP contribution in [0.1, 0.15) is 12.0 Å². The Morgan fingerprint density at radius 3 is 2.75 bits per heavy atom. The summed E-state index contributed by atoms with van der Waals surface area (Å²) in [6.07, 6.45) is 1.28. The van der Waals surface area contributed by atoms with E-state index in [1.54, 1.807) is 6.07 Å². The first-order valence-electron chi connectivity index (χ1n) is 6.65. The van der Waals surface area contributed by atoms with Crippen LogP contribution in [0.15, 0.2) is 18.2 Å². The molecule has 0 saturated carbocycles. The summed E-state index contributed by atoms with van der Waals surface area (Å²) in [5, 5.41) is 3.16. The maximum Gasteiger partial charge on any atom is 0.165 e. The lowest BCUT2D eigenvalue weighted by atomic mass is 9.93. The minimum absolute atomic E-state index is 0.0417. The molecular weight excluding hydrogens is 281 g/mol. The molecule has 1 N–H and O–H groups in total. The normalized spacial score (nSPS) is 22.6. The molecule has 6 heteroatoms. The van der Waals surface area contributed by atoms with Gasteiger partial charge < -0.3 is 10.1 Å². The zero-order valence-electron chi connectivity index (χ0n) is 11.7. The predicted octanol–water partition coefficient (Wildman–Crippen LogP) is 1.40. The summed E-state index contributed by atoms with van der Waals surface area (Å²) in [7, 11) is 0.348. The van der Waals surface area contributed by atoms with Crippen LogP contribution in [0.5, 0.6) is 5.75 Å². The number of likely N-dealkylation sites (N-methyl/N-ethyl adjacent to an activating group) is 1. The van der Waals surface area contributed by atoms with E-state index < -0.39 is 9.84 Å². The first-order chi connectivity index (χ1) is 9.45. The van der Waals surface area contributed by atoms with Crippen molar-refractivity contribution in [1.82, 2.24) is 5.32 Å². The molecule has 4 nitrogen and oxygen atoms in total. The Labute approximate surface area is 119 Å². The number of methoxy groups -OCH3 is 1. The second-order valence-corrected chi connectivity index (χ2v) is 7.46. The van der Waals surface area contributed by atoms with Gasteiger partial charge in [-0.3, -0.25) is 0 Å². The van der Waals surface area contributed by atoms with Crippen LogP contribution in [0.25, 0.3) is 0 Å². The summed E-state index contributed by atoms with van der Waals surface area (Å²) in [4.78, 5) is 0. The van der Waals surface area contributed by atoms with Crippen molar-refractivity contribution in [3.63, 3.8) is 0 Å². The minimum Gasteiger partial charge on any atom is -0.494 e. The molecule has 1 aliphatic rings. The molecule has 0 radical (unpaired) electrons. The molecule has 0 spiro atoms. The van der Waals surface area contributed by atoms with Gasteiger partial charge in [0.1, 0.15) is 0 Å². The highest BCUT2D eigenvalue weighted by Gasteiger charge is 2.33. The highest BCUT2D eigenvalue weighted by Crippen LogP contribution is 2.25. The molecule has 112 valence electrons. The maximum atomic E-state index is 13.7. The predicted molar refractivity (Wildman–Crippen MR) is 76.3 cm³/mol. The van der Waals surface area contributed by atoms with Gasteiger partial charge in [0, 0.05) is 6.04 Å². The van der Waals surface area contributed by atoms with E-state index in [-0.39, 0.29) is 35.0 Å². The third kappa shape index (κ3) is 3.49. The van der Waals surface area contributed by atoms with E-state index in [1.165, 1.54) is 13.2 Å². The van der Waals surface area contributed by atoms with Gasteiger partial charge in [0.2, 0.25) is 0 Å². The fraction of sp³-hybridized carbons (Fsp3) is 0.571. The molecular formula is C14H20FNO3S. The molecule has 2 atom stereocenters. The van der Waals surface area contributed by atoms with Gasteiger partial charge in [-0.15, -0.1) is 0 Å². The molecule has 0 aliphatic carbocycles. The number of sulfone groups is 1. The van der Waals surface area contributed by atoms with Crippen molar-refractivity contribution in [1.29, 1.82) is 0 Å². The van der Waals surface area contributed by atoms with Crippen LogP contribution >= 0.6 is 0 Å². The standard InChI is InChI=1S/C14H20FNO3S/c1-16-13(11-5-6-20(17,18)9-11)8-10-3-4-14(19-2)12(15)7-10/h3-4,7,11,13,16H,5-6,8-9H2,1-2H3. The van der Waals surface area contributed by atoms with E-state index in [1.807, 2.05) is 13.1 Å². The Morgan fingerprint density at radius 1 is 1.50 bits per heavy atom. The van der Waals surface area contributed by atoms with Crippen molar-refractivity contribution in [2.24, 2.45) is 5.92 Å². The van der Waals surface area contributed by atoms with Crippen LogP contribution in [0.4, 0.5) is 4.39 Å². The van der Waals surface area contributed by atoms with E-state index >= 15 is 0 Å². The van der Waals surface area contributed by atoms with Crippen molar-refractivity contribution < 1.29 is 17.5 Å². The molecule has 1 fully saturated rings. The Morgan fingerprint density at radius 2 is 2.25 bits per heavy atom. The Balaban J connectivity index is 2.09. The lowest BCUT2D eigenvalue weighted by Crippen LogP contribution is -2.36. The van der Waals surface area contributed by atoms with Gasteiger partial charge in [-0.1, -0.05) is 6.07 Å². The van der Waals surface area contributed by atoms with Crippen molar-refractivity contribution in [2.75, 3.05) is 25.7 Å². The third-order valence-corrected chi connectivity index (χ3v) is 5.67. The van der Waals surface area contributed by atoms with Crippen LogP contribution in [0.2, 0.25) is 0 Å². The molecule has 2 unspecified atom stereocenters. The van der Waals surface area contributed by atoms with Gasteiger partial charge in [-0.05, 0) is 43.5 Å². The number of rotatable bonds is 5. The number of hydrogen-bond acceptors (Lipinski definition) is 4. The topological polar surface area (TPSA) is 55.4 Å². The van der Waals surface area contributed by atoms with Gasteiger partial charge >= 0.3 is 0 Å². The second kappa shape index (κ2) is 6.10. The Hall–Kier alpha value is -1.14. The molecule has 1 heterocycles. The van der Waals surface area contributed by atoms with Gasteiger partial charge in [0.25, 0.3) is 0 Å². The van der Waals surface area contributed by atoms with Crippen LogP contribution in [0, 0.1) is 11.7 Å². The van der Waals surface area contributed by atoms with Gasteiger partial charge in [0.05, 0.1) is 18.6 Å². The maximum absolute atomic E-state index is 13.7. The highest BCUT2D eigenvalue weighted by molar-refractivity contribution is 7.91. The van der Waals surface area contributed by atoms with E-state index in [2.05, 4.69) is 5.32 Å². The summed E-state index contributed by atoms with van der Waals surface area (Å²) >= 11 is 0. The molecule has 1 aromatic carbocycles. The second-order valence-electron chi connectivity index (χ2n) is 5.23. The zero-order chi connectivity index (χ0) is 14.8. The summed E-state index contributed by atoms with van der Waals surface area (Å²) in [5.74, 6) is 0.400. The van der Waals surface area contributed by atoms with Crippen molar-refractivity contribution in [2.45, 2.75) is 18.9 Å². The molecule has 0 aromatic heterocycles. The molecule has 1 saturated heterocycles. The van der Waals surface area contributed by atoms with Crippen LogP contribution in [-0.4, -0.2) is 40.1 Å². The zero-order valence-corrected chi connectivity index (χ0v) is 12.5. The van der Waals surface area contributed by atoms with Gasteiger partial charge in [0.15, 0.2) is 21.4 Å². The summed E-state index contributed by atoms with van der Waals surface area (Å²) < 4.78 is 41.6. The van der Waals surface area contributed by atoms with Crippen molar-refractivity contribution >= 4 is 9.84 Å². The fourth-order valence-electron chi connectivity index (χ4n) is 2.74. The average Bonchev–Trinajstić information content (AvgIpc) is 2.76. The largest absolute Gasteiger partial charge is 0.494 e. The van der Waals surface area contributed by atoms with E-state index in [0.717, 1.165) is 5.56 Å². The fourth-order valence-corrected chi connectivity index (χ4v) is 4.62. The van der Waals surface area contributed by atoms with Gasteiger partial charge in [-0.25, -0.2) is 12.8 Å². The van der Waals surface area contributed by atoms with E-state index in [0.29, 0.717) is 12.8 Å². The molecule has 0 bridgehead atoms. The highest BCUT2D eigenvalue weighted by atomic mass is 32.2. The minimum atomic E-state index is -2.90. The summed E-state index contributed by atoms with van der Waals surface area (Å²) in [6, 6.07) is 4.91. The first kappa shape index (κ1) is 15.3. The van der Waals surface area contributed by atoms with Crippen LogP contribution in [-0.2, 0) is 16.3 Å². The Bertz CT molecular complexity index is 574. The number of hydrogen-bond donors (Lipinski definition) is 1. The SMILES string of the molecule is CNC(Cc1ccc(OC)c(F)c1)C1CCS(=O)(=O)C1. The van der Waals surface area contributed by atoms with Crippen molar-refractivity contribution in [3.8, 4) is 5.75 Å². The van der Waals surface area contributed by atoms with E-state index in [9.17, 15) is 12.8 Å². The number of benzene rings is 1. The number of nitrogens with one attached hydrogen (secondary N) is 1. The summed E-state index contributed by atoms with van der Waals surface area (Å²) in [5.41, 5.74) is 0.840. The van der Waals surface area contributed by atoms with E-state index in [4.69, 9.17) is 4.74 Å². The lowest BCUT2D eigenvalue weighted by molar-refractivity contribution is 0.383. The summed E-state index contributed by atoms with van der Waals surface area (Å²) in [6.45, 7) is 0. The quantitative estimate of drug-likeness (QED) is 0.893. The first-order valence-corrected chi connectivity index (χ1v) is 8.47. The molecule has 0 amide bonds. The molecule has 1 aliphatic heterocycles. The molecule has 2 rings (SSSR count). The lowest BCUT2D eigenvalue weighted by Gasteiger charge is -2.22. The smallest absolute Gasteiger partial charge is 0.165 e.